The van der Waals surface area contributed by atoms with Gasteiger partial charge in [-0.05, 0) is 45.0 Å². The van der Waals surface area contributed by atoms with E-state index in [0.717, 1.165) is 21.5 Å². The van der Waals surface area contributed by atoms with Crippen LogP contribution in [0, 0.1) is 13.8 Å². The second-order valence-electron chi connectivity index (χ2n) is 3.99. The highest BCUT2D eigenvalue weighted by Crippen LogP contribution is 2.19. The van der Waals surface area contributed by atoms with E-state index in [-0.39, 0.29) is 5.78 Å². The minimum absolute atomic E-state index is 0.0587. The van der Waals surface area contributed by atoms with E-state index in [9.17, 15) is 4.79 Å². The Morgan fingerprint density at radius 2 is 1.82 bits per heavy atom. The number of nitrogens with zero attached hydrogens (tertiary/aromatic N) is 2. The number of rotatable bonds is 2. The molecule has 3 nitrogen and oxygen atoms in total. The zero-order chi connectivity index (χ0) is 12.6. The van der Waals surface area contributed by atoms with Crippen molar-refractivity contribution in [1.82, 2.24) is 9.78 Å². The topological polar surface area (TPSA) is 34.9 Å². The molecule has 2 aromatic rings. The molecule has 1 heterocycles. The van der Waals surface area contributed by atoms with E-state index in [2.05, 4.69) is 21.0 Å². The molecule has 2 rings (SSSR count). The summed E-state index contributed by atoms with van der Waals surface area (Å²) in [6.45, 7) is 5.35. The number of carbonyl (C=O) groups excluding carboxylic acids is 1. The van der Waals surface area contributed by atoms with Gasteiger partial charge in [0.05, 0.1) is 22.6 Å². The fraction of sp³-hybridized carbons (Fsp3) is 0.231. The van der Waals surface area contributed by atoms with E-state index in [0.29, 0.717) is 5.56 Å². The highest BCUT2D eigenvalue weighted by Gasteiger charge is 2.15. The fourth-order valence-corrected chi connectivity index (χ4v) is 2.25. The van der Waals surface area contributed by atoms with E-state index in [1.54, 1.807) is 11.6 Å². The second kappa shape index (κ2) is 4.45. The van der Waals surface area contributed by atoms with Gasteiger partial charge in [-0.3, -0.25) is 4.79 Å². The van der Waals surface area contributed by atoms with Gasteiger partial charge in [0.2, 0.25) is 0 Å². The lowest BCUT2D eigenvalue weighted by molar-refractivity contribution is 0.101. The Bertz CT molecular complexity index is 570. The third-order valence-electron chi connectivity index (χ3n) is 2.71. The predicted octanol–water partition coefficient (Wildman–Crippen LogP) is 3.45. The average molecular weight is 293 g/mol. The monoisotopic (exact) mass is 292 g/mol. The lowest BCUT2D eigenvalue weighted by Gasteiger charge is -2.04. The van der Waals surface area contributed by atoms with Crippen LogP contribution in [0.4, 0.5) is 0 Å². The molecule has 4 heteroatoms. The molecule has 0 amide bonds. The van der Waals surface area contributed by atoms with Crippen molar-refractivity contribution >= 4 is 21.7 Å². The molecule has 1 aromatic carbocycles. The van der Waals surface area contributed by atoms with Gasteiger partial charge in [-0.2, -0.15) is 5.10 Å². The van der Waals surface area contributed by atoms with Gasteiger partial charge in [-0.1, -0.05) is 15.9 Å². The van der Waals surface area contributed by atoms with Crippen molar-refractivity contribution in [2.75, 3.05) is 0 Å². The Kier molecular flexibility index (Phi) is 3.15. The number of Topliss-reactive ketones (excluding diaryl/α,β-unsaturated/α-hetero) is 1. The van der Waals surface area contributed by atoms with Crippen molar-refractivity contribution in [3.05, 3.63) is 45.7 Å². The Hall–Kier alpha value is -1.42. The number of benzene rings is 1. The molecule has 0 unspecified atom stereocenters. The van der Waals surface area contributed by atoms with Crippen LogP contribution in [0.25, 0.3) is 5.69 Å². The molecule has 0 atom stereocenters. The van der Waals surface area contributed by atoms with E-state index < -0.39 is 0 Å². The highest BCUT2D eigenvalue weighted by atomic mass is 79.9. The number of carbonyl (C=O) groups is 1. The molecule has 0 fully saturated rings. The fourth-order valence-electron chi connectivity index (χ4n) is 1.99. The summed E-state index contributed by atoms with van der Waals surface area (Å²) in [5, 5.41) is 4.41. The standard InChI is InChI=1S/C13H13BrN2O/c1-8-13(10(3)17)9(2)16(15-8)12-6-4-11(14)5-7-12/h4-7H,1-3H3. The van der Waals surface area contributed by atoms with Crippen molar-refractivity contribution in [1.29, 1.82) is 0 Å². The van der Waals surface area contributed by atoms with Crippen LogP contribution >= 0.6 is 15.9 Å². The van der Waals surface area contributed by atoms with Crippen LogP contribution in [-0.4, -0.2) is 15.6 Å². The molecule has 0 N–H and O–H groups in total. The Labute approximate surface area is 109 Å². The molecule has 0 bridgehead atoms. The van der Waals surface area contributed by atoms with Crippen LogP contribution in [0.1, 0.15) is 28.7 Å². The molecule has 0 saturated heterocycles. The molecule has 0 aliphatic heterocycles. The second-order valence-corrected chi connectivity index (χ2v) is 4.91. The van der Waals surface area contributed by atoms with Crippen LogP contribution in [-0.2, 0) is 0 Å². The molecule has 0 saturated carbocycles. The summed E-state index contributed by atoms with van der Waals surface area (Å²) in [4.78, 5) is 11.5. The first kappa shape index (κ1) is 12.0. The summed E-state index contributed by atoms with van der Waals surface area (Å²) in [5.74, 6) is 0.0587. The minimum atomic E-state index is 0.0587. The number of aromatic nitrogens is 2. The third kappa shape index (κ3) is 2.17. The summed E-state index contributed by atoms with van der Waals surface area (Å²) in [6.07, 6.45) is 0. The number of halogens is 1. The van der Waals surface area contributed by atoms with Crippen LogP contribution in [0.5, 0.6) is 0 Å². The largest absolute Gasteiger partial charge is 0.294 e. The van der Waals surface area contributed by atoms with Gasteiger partial charge in [0.25, 0.3) is 0 Å². The maximum atomic E-state index is 11.5. The SMILES string of the molecule is CC(=O)c1c(C)nn(-c2ccc(Br)cc2)c1C. The van der Waals surface area contributed by atoms with Crippen molar-refractivity contribution in [2.24, 2.45) is 0 Å². The lowest BCUT2D eigenvalue weighted by Crippen LogP contribution is -2.00. The van der Waals surface area contributed by atoms with Gasteiger partial charge >= 0.3 is 0 Å². The van der Waals surface area contributed by atoms with E-state index in [4.69, 9.17) is 0 Å². The minimum Gasteiger partial charge on any atom is -0.294 e. The normalized spacial score (nSPS) is 10.6. The Morgan fingerprint density at radius 1 is 1.24 bits per heavy atom. The van der Waals surface area contributed by atoms with Crippen LogP contribution in [0.3, 0.4) is 0 Å². The van der Waals surface area contributed by atoms with Crippen molar-refractivity contribution in [2.45, 2.75) is 20.8 Å². The van der Waals surface area contributed by atoms with Crippen molar-refractivity contribution in [3.63, 3.8) is 0 Å². The average Bonchev–Trinajstić information content (AvgIpc) is 2.55. The molecule has 17 heavy (non-hydrogen) atoms. The number of ketones is 1. The molecular weight excluding hydrogens is 280 g/mol. The molecule has 0 aliphatic rings. The number of hydrogen-bond donors (Lipinski definition) is 0. The molecule has 88 valence electrons. The quantitative estimate of drug-likeness (QED) is 0.795. The summed E-state index contributed by atoms with van der Waals surface area (Å²) in [6, 6.07) is 7.85. The van der Waals surface area contributed by atoms with E-state index in [1.807, 2.05) is 38.1 Å². The summed E-state index contributed by atoms with van der Waals surface area (Å²) in [7, 11) is 0. The predicted molar refractivity (Wildman–Crippen MR) is 70.7 cm³/mol. The van der Waals surface area contributed by atoms with Crippen molar-refractivity contribution < 1.29 is 4.79 Å². The molecular formula is C13H13BrN2O. The Balaban J connectivity index is 2.57. The smallest absolute Gasteiger partial charge is 0.163 e. The third-order valence-corrected chi connectivity index (χ3v) is 3.24. The van der Waals surface area contributed by atoms with Crippen LogP contribution in [0.15, 0.2) is 28.7 Å². The summed E-state index contributed by atoms with van der Waals surface area (Å²) >= 11 is 3.40. The van der Waals surface area contributed by atoms with E-state index >= 15 is 0 Å². The highest BCUT2D eigenvalue weighted by molar-refractivity contribution is 9.10. The van der Waals surface area contributed by atoms with Gasteiger partial charge in [0.15, 0.2) is 5.78 Å². The first-order chi connectivity index (χ1) is 8.00. The van der Waals surface area contributed by atoms with Crippen molar-refractivity contribution in [3.8, 4) is 5.69 Å². The summed E-state index contributed by atoms with van der Waals surface area (Å²) < 4.78 is 2.83. The zero-order valence-electron chi connectivity index (χ0n) is 9.99. The van der Waals surface area contributed by atoms with Gasteiger partial charge in [0.1, 0.15) is 0 Å². The zero-order valence-corrected chi connectivity index (χ0v) is 11.6. The maximum Gasteiger partial charge on any atom is 0.163 e. The molecule has 0 aliphatic carbocycles. The Morgan fingerprint density at radius 3 is 2.29 bits per heavy atom. The lowest BCUT2D eigenvalue weighted by atomic mass is 10.1. The van der Waals surface area contributed by atoms with Gasteiger partial charge in [-0.25, -0.2) is 4.68 Å². The number of aryl methyl sites for hydroxylation is 1. The summed E-state index contributed by atoms with van der Waals surface area (Å²) in [5.41, 5.74) is 3.34. The van der Waals surface area contributed by atoms with E-state index in [1.165, 1.54) is 0 Å². The first-order valence-electron chi connectivity index (χ1n) is 5.34. The van der Waals surface area contributed by atoms with Gasteiger partial charge < -0.3 is 0 Å². The molecule has 0 radical (unpaired) electrons. The number of hydrogen-bond acceptors (Lipinski definition) is 2. The van der Waals surface area contributed by atoms with Crippen LogP contribution in [0.2, 0.25) is 0 Å². The first-order valence-corrected chi connectivity index (χ1v) is 6.13. The van der Waals surface area contributed by atoms with Gasteiger partial charge in [-0.15, -0.1) is 0 Å². The molecule has 1 aromatic heterocycles. The van der Waals surface area contributed by atoms with Gasteiger partial charge in [0, 0.05) is 4.47 Å². The maximum absolute atomic E-state index is 11.5. The molecule has 0 spiro atoms. The van der Waals surface area contributed by atoms with Crippen LogP contribution < -0.4 is 0 Å².